The fourth-order valence-corrected chi connectivity index (χ4v) is 5.30. The van der Waals surface area contributed by atoms with Gasteiger partial charge in [-0.2, -0.15) is 0 Å². The van der Waals surface area contributed by atoms with Crippen LogP contribution in [-0.2, 0) is 14.3 Å². The Morgan fingerprint density at radius 1 is 1.17 bits per heavy atom. The standard InChI is InChI=1S/C25H29NO3/c1-5-29-24(28)21-15(2)26-19-13-25(3,4)14-20(27)23(19)22(21)18-12-8-10-16-9-6-7-11-17(16)18/h6-12,19,22-23,26H,5,13-14H2,1-4H3/t19-,22+,23-/m1/s1. The second-order valence-corrected chi connectivity index (χ2v) is 9.09. The molecule has 152 valence electrons. The van der Waals surface area contributed by atoms with Crippen molar-refractivity contribution in [3.8, 4) is 0 Å². The Bertz CT molecular complexity index is 999. The summed E-state index contributed by atoms with van der Waals surface area (Å²) in [6, 6.07) is 14.4. The molecule has 0 unspecified atom stereocenters. The maximum atomic E-state index is 13.4. The minimum atomic E-state index is -0.327. The molecule has 4 rings (SSSR count). The summed E-state index contributed by atoms with van der Waals surface area (Å²) in [5, 5.41) is 5.71. The number of fused-ring (bicyclic) bond motifs is 2. The van der Waals surface area contributed by atoms with Gasteiger partial charge in [-0.15, -0.1) is 0 Å². The van der Waals surface area contributed by atoms with Crippen molar-refractivity contribution in [1.29, 1.82) is 0 Å². The van der Waals surface area contributed by atoms with Gasteiger partial charge in [0.15, 0.2) is 0 Å². The summed E-state index contributed by atoms with van der Waals surface area (Å²) in [4.78, 5) is 26.4. The summed E-state index contributed by atoms with van der Waals surface area (Å²) < 4.78 is 5.42. The minimum Gasteiger partial charge on any atom is -0.463 e. The van der Waals surface area contributed by atoms with Gasteiger partial charge in [0.05, 0.1) is 12.2 Å². The van der Waals surface area contributed by atoms with E-state index in [4.69, 9.17) is 4.74 Å². The third-order valence-electron chi connectivity index (χ3n) is 6.36. The highest BCUT2D eigenvalue weighted by atomic mass is 16.5. The first-order valence-electron chi connectivity index (χ1n) is 10.5. The number of esters is 1. The van der Waals surface area contributed by atoms with E-state index in [1.54, 1.807) is 0 Å². The average molecular weight is 392 g/mol. The lowest BCUT2D eigenvalue weighted by Gasteiger charge is -2.47. The van der Waals surface area contributed by atoms with Crippen molar-refractivity contribution >= 4 is 22.5 Å². The Balaban J connectivity index is 1.93. The van der Waals surface area contributed by atoms with Crippen LogP contribution in [0.25, 0.3) is 10.8 Å². The van der Waals surface area contributed by atoms with E-state index < -0.39 is 0 Å². The topological polar surface area (TPSA) is 55.4 Å². The third-order valence-corrected chi connectivity index (χ3v) is 6.36. The maximum Gasteiger partial charge on any atom is 0.336 e. The summed E-state index contributed by atoms with van der Waals surface area (Å²) in [7, 11) is 0. The molecule has 0 amide bonds. The zero-order valence-corrected chi connectivity index (χ0v) is 17.6. The molecule has 2 aromatic rings. The quantitative estimate of drug-likeness (QED) is 0.768. The van der Waals surface area contributed by atoms with Crippen molar-refractivity contribution < 1.29 is 14.3 Å². The van der Waals surface area contributed by atoms with Crippen LogP contribution in [0.5, 0.6) is 0 Å². The highest BCUT2D eigenvalue weighted by molar-refractivity contribution is 5.97. The number of ether oxygens (including phenoxy) is 1. The van der Waals surface area contributed by atoms with Gasteiger partial charge in [-0.05, 0) is 42.0 Å². The van der Waals surface area contributed by atoms with E-state index >= 15 is 0 Å². The summed E-state index contributed by atoms with van der Waals surface area (Å²) in [5.74, 6) is -0.663. The van der Waals surface area contributed by atoms with Gasteiger partial charge < -0.3 is 10.1 Å². The van der Waals surface area contributed by atoms with Gasteiger partial charge in [-0.25, -0.2) is 4.79 Å². The van der Waals surface area contributed by atoms with Gasteiger partial charge in [-0.1, -0.05) is 56.3 Å². The van der Waals surface area contributed by atoms with Gasteiger partial charge in [0, 0.05) is 30.0 Å². The van der Waals surface area contributed by atoms with Crippen LogP contribution in [0.1, 0.15) is 52.0 Å². The Morgan fingerprint density at radius 3 is 2.66 bits per heavy atom. The smallest absolute Gasteiger partial charge is 0.336 e. The Labute approximate surface area is 172 Å². The van der Waals surface area contributed by atoms with Crippen LogP contribution in [0, 0.1) is 11.3 Å². The first kappa shape index (κ1) is 19.7. The predicted octanol–water partition coefficient (Wildman–Crippen LogP) is 4.74. The summed E-state index contributed by atoms with van der Waals surface area (Å²) in [6.45, 7) is 8.36. The zero-order valence-electron chi connectivity index (χ0n) is 17.6. The van der Waals surface area contributed by atoms with Crippen molar-refractivity contribution in [2.24, 2.45) is 11.3 Å². The molecule has 1 saturated carbocycles. The Hall–Kier alpha value is -2.62. The molecule has 0 aromatic heterocycles. The number of hydrogen-bond acceptors (Lipinski definition) is 4. The molecule has 0 bridgehead atoms. The minimum absolute atomic E-state index is 0.0217. The van der Waals surface area contributed by atoms with E-state index in [1.165, 1.54) is 0 Å². The number of ketones is 1. The number of Topliss-reactive ketones (excluding diaryl/α,β-unsaturated/α-hetero) is 1. The lowest BCUT2D eigenvalue weighted by atomic mass is 9.61. The lowest BCUT2D eigenvalue weighted by Crippen LogP contribution is -2.54. The van der Waals surface area contributed by atoms with Crippen LogP contribution >= 0.6 is 0 Å². The molecule has 0 saturated heterocycles. The van der Waals surface area contributed by atoms with Gasteiger partial charge >= 0.3 is 5.97 Å². The molecular weight excluding hydrogens is 362 g/mol. The maximum absolute atomic E-state index is 13.4. The molecule has 1 fully saturated rings. The van der Waals surface area contributed by atoms with Crippen molar-refractivity contribution in [2.45, 2.75) is 52.5 Å². The first-order valence-corrected chi connectivity index (χ1v) is 10.5. The molecule has 2 aliphatic rings. The average Bonchev–Trinajstić information content (AvgIpc) is 2.65. The van der Waals surface area contributed by atoms with Crippen LogP contribution in [0.3, 0.4) is 0 Å². The molecule has 1 heterocycles. The van der Waals surface area contributed by atoms with E-state index in [9.17, 15) is 9.59 Å². The molecular formula is C25H29NO3. The van der Waals surface area contributed by atoms with Crippen molar-refractivity contribution in [1.82, 2.24) is 5.32 Å². The van der Waals surface area contributed by atoms with Crippen molar-refractivity contribution in [2.75, 3.05) is 6.61 Å². The highest BCUT2D eigenvalue weighted by Crippen LogP contribution is 2.49. The van der Waals surface area contributed by atoms with Crippen LogP contribution in [0.15, 0.2) is 53.7 Å². The zero-order chi connectivity index (χ0) is 20.8. The fraction of sp³-hybridized carbons (Fsp3) is 0.440. The van der Waals surface area contributed by atoms with Crippen LogP contribution in [-0.4, -0.2) is 24.4 Å². The van der Waals surface area contributed by atoms with Crippen LogP contribution in [0.2, 0.25) is 0 Å². The van der Waals surface area contributed by atoms with Crippen molar-refractivity contribution in [3.05, 3.63) is 59.3 Å². The van der Waals surface area contributed by atoms with Gasteiger partial charge in [0.2, 0.25) is 0 Å². The van der Waals surface area contributed by atoms with E-state index in [-0.39, 0.29) is 35.0 Å². The predicted molar refractivity (Wildman–Crippen MR) is 114 cm³/mol. The number of carbonyl (C=O) groups is 2. The third kappa shape index (κ3) is 3.45. The van der Waals surface area contributed by atoms with E-state index in [1.807, 2.05) is 32.0 Å². The Kier molecular flexibility index (Phi) is 4.97. The number of nitrogens with one attached hydrogen (secondary N) is 1. The lowest BCUT2D eigenvalue weighted by molar-refractivity contribution is -0.139. The summed E-state index contributed by atoms with van der Waals surface area (Å²) in [6.07, 6.45) is 1.43. The number of rotatable bonds is 3. The number of benzene rings is 2. The van der Waals surface area contributed by atoms with E-state index in [0.29, 0.717) is 18.6 Å². The second kappa shape index (κ2) is 7.33. The second-order valence-electron chi connectivity index (χ2n) is 9.09. The van der Waals surface area contributed by atoms with Crippen LogP contribution in [0.4, 0.5) is 0 Å². The van der Waals surface area contributed by atoms with Crippen molar-refractivity contribution in [3.63, 3.8) is 0 Å². The fourth-order valence-electron chi connectivity index (χ4n) is 5.30. The van der Waals surface area contributed by atoms with E-state index in [0.717, 1.165) is 28.5 Å². The van der Waals surface area contributed by atoms with Crippen LogP contribution < -0.4 is 5.32 Å². The van der Waals surface area contributed by atoms with Gasteiger partial charge in [0.1, 0.15) is 5.78 Å². The molecule has 0 radical (unpaired) electrons. The molecule has 1 aliphatic carbocycles. The molecule has 4 nitrogen and oxygen atoms in total. The number of hydrogen-bond donors (Lipinski definition) is 1. The Morgan fingerprint density at radius 2 is 1.90 bits per heavy atom. The number of carbonyl (C=O) groups excluding carboxylic acids is 2. The van der Waals surface area contributed by atoms with E-state index in [2.05, 4.69) is 43.4 Å². The molecule has 1 aliphatic heterocycles. The number of allylic oxidation sites excluding steroid dienone is 1. The highest BCUT2D eigenvalue weighted by Gasteiger charge is 2.50. The summed E-state index contributed by atoms with van der Waals surface area (Å²) >= 11 is 0. The molecule has 3 atom stereocenters. The van der Waals surface area contributed by atoms with Gasteiger partial charge in [-0.3, -0.25) is 4.79 Å². The molecule has 0 spiro atoms. The molecule has 1 N–H and O–H groups in total. The monoisotopic (exact) mass is 391 g/mol. The normalized spacial score (nSPS) is 26.1. The first-order chi connectivity index (χ1) is 13.8. The summed E-state index contributed by atoms with van der Waals surface area (Å²) in [5.41, 5.74) is 2.41. The van der Waals surface area contributed by atoms with Gasteiger partial charge in [0.25, 0.3) is 0 Å². The SMILES string of the molecule is CCOC(=O)C1=C(C)N[C@@H]2CC(C)(C)CC(=O)[C@@H]2[C@H]1c1cccc2ccccc12. The molecule has 2 aromatic carbocycles. The molecule has 29 heavy (non-hydrogen) atoms. The largest absolute Gasteiger partial charge is 0.463 e. The molecule has 4 heteroatoms.